The molecule has 0 saturated carbocycles. The van der Waals surface area contributed by atoms with E-state index in [-0.39, 0.29) is 5.57 Å². The van der Waals surface area contributed by atoms with Crippen LogP contribution in [0.4, 0.5) is 0 Å². The number of halogens is 1. The minimum atomic E-state index is -0.429. The quantitative estimate of drug-likeness (QED) is 0.394. The van der Waals surface area contributed by atoms with Crippen molar-refractivity contribution in [3.8, 4) is 17.6 Å². The lowest BCUT2D eigenvalue weighted by Gasteiger charge is -2.07. The van der Waals surface area contributed by atoms with E-state index < -0.39 is 5.91 Å². The highest BCUT2D eigenvalue weighted by molar-refractivity contribution is 6.30. The Morgan fingerprint density at radius 2 is 1.58 bits per heavy atom. The minimum absolute atomic E-state index is 0.0309. The van der Waals surface area contributed by atoms with E-state index in [0.29, 0.717) is 23.9 Å². The van der Waals surface area contributed by atoms with Crippen LogP contribution in [0.3, 0.4) is 0 Å². The molecule has 156 valence electrons. The Kier molecular flexibility index (Phi) is 7.69. The van der Waals surface area contributed by atoms with Gasteiger partial charge < -0.3 is 14.8 Å². The first kappa shape index (κ1) is 21.9. The number of methoxy groups -OCH3 is 1. The summed E-state index contributed by atoms with van der Waals surface area (Å²) in [7, 11) is 1.60. The molecule has 5 nitrogen and oxygen atoms in total. The van der Waals surface area contributed by atoms with Crippen molar-refractivity contribution < 1.29 is 14.3 Å². The molecule has 0 heterocycles. The molecule has 0 aliphatic rings. The Morgan fingerprint density at radius 1 is 0.968 bits per heavy atom. The van der Waals surface area contributed by atoms with Crippen LogP contribution in [0, 0.1) is 11.3 Å². The summed E-state index contributed by atoms with van der Waals surface area (Å²) in [5.74, 6) is 1.00. The molecule has 0 fully saturated rings. The van der Waals surface area contributed by atoms with Crippen LogP contribution in [0.1, 0.15) is 16.7 Å². The van der Waals surface area contributed by atoms with E-state index in [1.165, 1.54) is 0 Å². The monoisotopic (exact) mass is 432 g/mol. The van der Waals surface area contributed by atoms with Crippen molar-refractivity contribution in [2.24, 2.45) is 0 Å². The maximum Gasteiger partial charge on any atom is 0.262 e. The molecular formula is C25H21ClN2O3. The second-order valence-electron chi connectivity index (χ2n) is 6.68. The van der Waals surface area contributed by atoms with E-state index in [1.807, 2.05) is 54.6 Å². The molecule has 0 saturated heterocycles. The SMILES string of the molecule is COc1ccc(CNC(=O)/C(C#N)=C\c2ccc(OCc3ccc(Cl)cc3)cc2)cc1. The van der Waals surface area contributed by atoms with Crippen LogP contribution in [0.5, 0.6) is 11.5 Å². The zero-order valence-electron chi connectivity index (χ0n) is 17.0. The summed E-state index contributed by atoms with van der Waals surface area (Å²) < 4.78 is 10.9. The summed E-state index contributed by atoms with van der Waals surface area (Å²) in [4.78, 5) is 12.4. The number of carbonyl (C=O) groups excluding carboxylic acids is 1. The zero-order valence-corrected chi connectivity index (χ0v) is 17.7. The van der Waals surface area contributed by atoms with Crippen molar-refractivity contribution in [2.75, 3.05) is 7.11 Å². The average Bonchev–Trinajstić information content (AvgIpc) is 2.81. The van der Waals surface area contributed by atoms with Crippen LogP contribution in [-0.2, 0) is 17.9 Å². The highest BCUT2D eigenvalue weighted by Gasteiger charge is 2.09. The van der Waals surface area contributed by atoms with Crippen molar-refractivity contribution in [1.29, 1.82) is 5.26 Å². The molecule has 0 aromatic heterocycles. The smallest absolute Gasteiger partial charge is 0.262 e. The normalized spacial score (nSPS) is 10.8. The third-order valence-corrected chi connectivity index (χ3v) is 4.74. The van der Waals surface area contributed by atoms with Gasteiger partial charge in [0.25, 0.3) is 5.91 Å². The van der Waals surface area contributed by atoms with Crippen LogP contribution >= 0.6 is 11.6 Å². The topological polar surface area (TPSA) is 71.3 Å². The van der Waals surface area contributed by atoms with E-state index in [2.05, 4.69) is 5.32 Å². The molecule has 0 aliphatic carbocycles. The fourth-order valence-electron chi connectivity index (χ4n) is 2.74. The highest BCUT2D eigenvalue weighted by Crippen LogP contribution is 2.17. The molecule has 0 spiro atoms. The van der Waals surface area contributed by atoms with Crippen LogP contribution in [0.15, 0.2) is 78.4 Å². The van der Waals surface area contributed by atoms with E-state index in [4.69, 9.17) is 21.1 Å². The van der Waals surface area contributed by atoms with Crippen LogP contribution in [0.25, 0.3) is 6.08 Å². The van der Waals surface area contributed by atoms with Gasteiger partial charge in [-0.3, -0.25) is 4.79 Å². The Bertz CT molecular complexity index is 1080. The number of hydrogen-bond donors (Lipinski definition) is 1. The number of amides is 1. The average molecular weight is 433 g/mol. The number of carbonyl (C=O) groups is 1. The molecule has 3 aromatic rings. The largest absolute Gasteiger partial charge is 0.497 e. The summed E-state index contributed by atoms with van der Waals surface area (Å²) >= 11 is 5.88. The van der Waals surface area contributed by atoms with Crippen LogP contribution in [-0.4, -0.2) is 13.0 Å². The van der Waals surface area contributed by atoms with Gasteiger partial charge in [-0.05, 0) is 59.2 Å². The fourth-order valence-corrected chi connectivity index (χ4v) is 2.87. The lowest BCUT2D eigenvalue weighted by atomic mass is 10.1. The first-order chi connectivity index (χ1) is 15.1. The van der Waals surface area contributed by atoms with Crippen molar-refractivity contribution in [1.82, 2.24) is 5.32 Å². The van der Waals surface area contributed by atoms with Gasteiger partial charge in [0.1, 0.15) is 29.7 Å². The molecule has 0 radical (unpaired) electrons. The van der Waals surface area contributed by atoms with E-state index in [0.717, 1.165) is 22.4 Å². The third-order valence-electron chi connectivity index (χ3n) is 4.49. The molecule has 0 atom stereocenters. The second-order valence-corrected chi connectivity index (χ2v) is 7.12. The number of nitrogens with one attached hydrogen (secondary N) is 1. The number of hydrogen-bond acceptors (Lipinski definition) is 4. The fraction of sp³-hybridized carbons (Fsp3) is 0.120. The van der Waals surface area contributed by atoms with Crippen molar-refractivity contribution in [3.63, 3.8) is 0 Å². The van der Waals surface area contributed by atoms with Gasteiger partial charge in [0, 0.05) is 11.6 Å². The number of nitrogens with zero attached hydrogens (tertiary/aromatic N) is 1. The molecule has 3 rings (SSSR count). The predicted molar refractivity (Wildman–Crippen MR) is 121 cm³/mol. The summed E-state index contributed by atoms with van der Waals surface area (Å²) in [5.41, 5.74) is 2.68. The Morgan fingerprint density at radius 3 is 2.19 bits per heavy atom. The van der Waals surface area contributed by atoms with Crippen molar-refractivity contribution >= 4 is 23.6 Å². The highest BCUT2D eigenvalue weighted by atomic mass is 35.5. The van der Waals surface area contributed by atoms with Gasteiger partial charge in [-0.15, -0.1) is 0 Å². The van der Waals surface area contributed by atoms with Gasteiger partial charge in [0.05, 0.1) is 7.11 Å². The maximum absolute atomic E-state index is 12.4. The minimum Gasteiger partial charge on any atom is -0.497 e. The lowest BCUT2D eigenvalue weighted by molar-refractivity contribution is -0.117. The van der Waals surface area contributed by atoms with E-state index >= 15 is 0 Å². The number of ether oxygens (including phenoxy) is 2. The van der Waals surface area contributed by atoms with Crippen LogP contribution < -0.4 is 14.8 Å². The third kappa shape index (κ3) is 6.63. The first-order valence-electron chi connectivity index (χ1n) is 9.57. The van der Waals surface area contributed by atoms with E-state index in [9.17, 15) is 10.1 Å². The van der Waals surface area contributed by atoms with Gasteiger partial charge in [-0.1, -0.05) is 48.0 Å². The summed E-state index contributed by atoms with van der Waals surface area (Å²) in [5, 5.41) is 12.8. The van der Waals surface area contributed by atoms with Gasteiger partial charge in [0.15, 0.2) is 0 Å². The molecule has 6 heteroatoms. The number of rotatable bonds is 8. The Balaban J connectivity index is 1.57. The number of nitriles is 1. The van der Waals surface area contributed by atoms with Gasteiger partial charge in [-0.2, -0.15) is 5.26 Å². The van der Waals surface area contributed by atoms with Gasteiger partial charge in [-0.25, -0.2) is 0 Å². The first-order valence-corrected chi connectivity index (χ1v) is 9.95. The van der Waals surface area contributed by atoms with Gasteiger partial charge in [0.2, 0.25) is 0 Å². The van der Waals surface area contributed by atoms with Crippen molar-refractivity contribution in [3.05, 3.63) is 100 Å². The van der Waals surface area contributed by atoms with Gasteiger partial charge >= 0.3 is 0 Å². The Labute approximate surface area is 186 Å². The summed E-state index contributed by atoms with van der Waals surface area (Å²) in [6.45, 7) is 0.739. The Hall–Kier alpha value is -3.75. The molecule has 3 aromatic carbocycles. The zero-order chi connectivity index (χ0) is 22.1. The molecule has 0 unspecified atom stereocenters. The second kappa shape index (κ2) is 10.9. The predicted octanol–water partition coefficient (Wildman–Crippen LogP) is 5.15. The standard InChI is InChI=1S/C25H21ClN2O3/c1-30-23-10-6-19(7-11-23)16-28-25(29)21(15-27)14-18-4-12-24(13-5-18)31-17-20-2-8-22(26)9-3-20/h2-14H,16-17H2,1H3,(H,28,29)/b21-14-. The van der Waals surface area contributed by atoms with E-state index in [1.54, 1.807) is 37.5 Å². The van der Waals surface area contributed by atoms with Crippen LogP contribution in [0.2, 0.25) is 5.02 Å². The number of benzene rings is 3. The summed E-state index contributed by atoms with van der Waals surface area (Å²) in [6.07, 6.45) is 1.55. The molecule has 1 N–H and O–H groups in total. The summed E-state index contributed by atoms with van der Waals surface area (Å²) in [6, 6.07) is 23.9. The molecule has 0 bridgehead atoms. The molecule has 1 amide bonds. The maximum atomic E-state index is 12.4. The lowest BCUT2D eigenvalue weighted by Crippen LogP contribution is -2.23. The molecule has 0 aliphatic heterocycles. The molecule has 31 heavy (non-hydrogen) atoms. The van der Waals surface area contributed by atoms with Crippen molar-refractivity contribution in [2.45, 2.75) is 13.2 Å². The molecular weight excluding hydrogens is 412 g/mol.